The van der Waals surface area contributed by atoms with Gasteiger partial charge >= 0.3 is 5.69 Å². The van der Waals surface area contributed by atoms with Crippen LogP contribution in [0.15, 0.2) is 94.8 Å². The molecular formula is C25H19FN4O3. The van der Waals surface area contributed by atoms with Crippen molar-refractivity contribution in [2.45, 2.75) is 6.61 Å². The van der Waals surface area contributed by atoms with Gasteiger partial charge in [0, 0.05) is 11.1 Å². The van der Waals surface area contributed by atoms with Crippen LogP contribution in [0.2, 0.25) is 0 Å². The molecule has 0 aliphatic heterocycles. The zero-order valence-corrected chi connectivity index (χ0v) is 17.4. The van der Waals surface area contributed by atoms with Gasteiger partial charge in [-0.1, -0.05) is 42.5 Å². The van der Waals surface area contributed by atoms with Gasteiger partial charge in [0.2, 0.25) is 0 Å². The van der Waals surface area contributed by atoms with Gasteiger partial charge in [0.25, 0.3) is 5.91 Å². The Labute approximate surface area is 188 Å². The molecule has 0 aliphatic carbocycles. The lowest BCUT2D eigenvalue weighted by molar-refractivity contribution is 0.0949. The number of hydrogen-bond donors (Lipinski definition) is 2. The maximum atomic E-state index is 13.2. The van der Waals surface area contributed by atoms with Crippen LogP contribution in [0.25, 0.3) is 11.3 Å². The molecule has 0 saturated carbocycles. The number of nitrogens with one attached hydrogen (secondary N) is 2. The molecule has 0 saturated heterocycles. The summed E-state index contributed by atoms with van der Waals surface area (Å²) in [5, 5.41) is 4.01. The van der Waals surface area contributed by atoms with E-state index >= 15 is 0 Å². The Morgan fingerprint density at radius 3 is 2.55 bits per heavy atom. The van der Waals surface area contributed by atoms with Crippen molar-refractivity contribution >= 4 is 12.1 Å². The molecule has 0 fully saturated rings. The molecule has 164 valence electrons. The smallest absolute Gasteiger partial charge is 0.346 e. The first-order chi connectivity index (χ1) is 16.1. The predicted octanol–water partition coefficient (Wildman–Crippen LogP) is 3.92. The number of H-pyrrole nitrogens is 1. The molecule has 4 rings (SSSR count). The highest BCUT2D eigenvalue weighted by atomic mass is 19.1. The highest BCUT2D eigenvalue weighted by Crippen LogP contribution is 2.17. The number of rotatable bonds is 7. The fourth-order valence-electron chi connectivity index (χ4n) is 3.04. The molecular weight excluding hydrogens is 423 g/mol. The second kappa shape index (κ2) is 10.1. The summed E-state index contributed by atoms with van der Waals surface area (Å²) in [4.78, 5) is 30.6. The molecule has 1 heterocycles. The lowest BCUT2D eigenvalue weighted by Gasteiger charge is -2.08. The predicted molar refractivity (Wildman–Crippen MR) is 123 cm³/mol. The second-order valence-electron chi connectivity index (χ2n) is 6.99. The summed E-state index contributed by atoms with van der Waals surface area (Å²) < 4.78 is 18.9. The summed E-state index contributed by atoms with van der Waals surface area (Å²) in [5.74, 6) is -0.284. The molecule has 1 aromatic heterocycles. The zero-order valence-electron chi connectivity index (χ0n) is 17.4. The van der Waals surface area contributed by atoms with Crippen molar-refractivity contribution in [2.24, 2.45) is 5.10 Å². The van der Waals surface area contributed by atoms with E-state index in [2.05, 4.69) is 20.5 Å². The summed E-state index contributed by atoms with van der Waals surface area (Å²) in [6.07, 6.45) is 1.50. The third-order valence-electron chi connectivity index (χ3n) is 4.69. The molecule has 0 unspecified atom stereocenters. The number of benzene rings is 3. The average Bonchev–Trinajstić information content (AvgIpc) is 2.84. The summed E-state index contributed by atoms with van der Waals surface area (Å²) >= 11 is 0. The van der Waals surface area contributed by atoms with Crippen LogP contribution in [0.1, 0.15) is 21.6 Å². The molecule has 0 bridgehead atoms. The maximum Gasteiger partial charge on any atom is 0.346 e. The van der Waals surface area contributed by atoms with E-state index in [1.807, 2.05) is 54.6 Å². The Bertz CT molecular complexity index is 1340. The third-order valence-corrected chi connectivity index (χ3v) is 4.69. The quantitative estimate of drug-likeness (QED) is 0.335. The van der Waals surface area contributed by atoms with Gasteiger partial charge in [-0.15, -0.1) is 0 Å². The minimum atomic E-state index is -0.700. The second-order valence-corrected chi connectivity index (χ2v) is 6.99. The number of ether oxygens (including phenoxy) is 1. The van der Waals surface area contributed by atoms with Gasteiger partial charge < -0.3 is 9.72 Å². The van der Waals surface area contributed by atoms with E-state index in [1.54, 1.807) is 0 Å². The lowest BCUT2D eigenvalue weighted by Crippen LogP contribution is -2.24. The number of amides is 1. The molecule has 2 N–H and O–H groups in total. The normalized spacial score (nSPS) is 10.8. The minimum absolute atomic E-state index is 0.0211. The molecule has 0 spiro atoms. The third kappa shape index (κ3) is 5.76. The van der Waals surface area contributed by atoms with Crippen molar-refractivity contribution in [3.63, 3.8) is 0 Å². The number of aromatic nitrogens is 2. The number of hydrazone groups is 1. The lowest BCUT2D eigenvalue weighted by atomic mass is 10.1. The fraction of sp³-hybridized carbons (Fsp3) is 0.0400. The number of carbonyl (C=O) groups excluding carboxylic acids is 1. The van der Waals surface area contributed by atoms with E-state index in [9.17, 15) is 14.0 Å². The van der Waals surface area contributed by atoms with Gasteiger partial charge in [0.15, 0.2) is 0 Å². The van der Waals surface area contributed by atoms with Crippen molar-refractivity contribution in [1.29, 1.82) is 0 Å². The van der Waals surface area contributed by atoms with Crippen LogP contribution in [0.4, 0.5) is 4.39 Å². The topological polar surface area (TPSA) is 96.4 Å². The minimum Gasteiger partial charge on any atom is -0.489 e. The summed E-state index contributed by atoms with van der Waals surface area (Å²) in [6, 6.07) is 23.8. The van der Waals surface area contributed by atoms with Crippen LogP contribution in [0.5, 0.6) is 5.75 Å². The van der Waals surface area contributed by atoms with Gasteiger partial charge in [-0.25, -0.2) is 14.6 Å². The monoisotopic (exact) mass is 442 g/mol. The van der Waals surface area contributed by atoms with Gasteiger partial charge in [0.1, 0.15) is 23.9 Å². The number of carbonyl (C=O) groups is 1. The van der Waals surface area contributed by atoms with Crippen molar-refractivity contribution < 1.29 is 13.9 Å². The first kappa shape index (κ1) is 21.6. The molecule has 0 aliphatic rings. The van der Waals surface area contributed by atoms with Crippen molar-refractivity contribution in [1.82, 2.24) is 15.4 Å². The molecule has 8 heteroatoms. The van der Waals surface area contributed by atoms with E-state index in [0.29, 0.717) is 12.2 Å². The molecule has 7 nitrogen and oxygen atoms in total. The van der Waals surface area contributed by atoms with Crippen LogP contribution < -0.4 is 15.9 Å². The Morgan fingerprint density at radius 1 is 1.03 bits per heavy atom. The van der Waals surface area contributed by atoms with Crippen molar-refractivity contribution in [2.75, 3.05) is 0 Å². The van der Waals surface area contributed by atoms with Gasteiger partial charge in [-0.3, -0.25) is 4.79 Å². The van der Waals surface area contributed by atoms with E-state index < -0.39 is 17.4 Å². The Balaban J connectivity index is 1.45. The summed E-state index contributed by atoms with van der Waals surface area (Å²) in [7, 11) is 0. The fourth-order valence-corrected chi connectivity index (χ4v) is 3.04. The van der Waals surface area contributed by atoms with Crippen molar-refractivity contribution in [3.8, 4) is 17.0 Å². The van der Waals surface area contributed by atoms with Crippen LogP contribution in [-0.4, -0.2) is 22.1 Å². The Hall–Kier alpha value is -4.59. The van der Waals surface area contributed by atoms with E-state index in [-0.39, 0.29) is 11.4 Å². The number of para-hydroxylation sites is 1. The molecule has 3 aromatic carbocycles. The zero-order chi connectivity index (χ0) is 23.0. The SMILES string of the molecule is O=C(N/N=C/c1ccccc1COc1ccccc1)c1cc(-c2ccc(F)cc2)nc(=O)[nH]1. The van der Waals surface area contributed by atoms with Crippen LogP contribution >= 0.6 is 0 Å². The van der Waals surface area contributed by atoms with Gasteiger partial charge in [0.05, 0.1) is 11.9 Å². The first-order valence-corrected chi connectivity index (χ1v) is 10.0. The molecule has 33 heavy (non-hydrogen) atoms. The van der Waals surface area contributed by atoms with Crippen LogP contribution in [0, 0.1) is 5.82 Å². The molecule has 0 radical (unpaired) electrons. The van der Waals surface area contributed by atoms with E-state index in [0.717, 1.165) is 16.9 Å². The number of aromatic amines is 1. The Morgan fingerprint density at radius 2 is 1.76 bits per heavy atom. The molecule has 0 atom stereocenters. The standard InChI is InChI=1S/C25H19FN4O3/c26-20-12-10-17(11-13-20)22-14-23(29-25(32)28-22)24(31)30-27-15-18-6-4-5-7-19(18)16-33-21-8-2-1-3-9-21/h1-15H,16H2,(H,30,31)(H,28,29,32)/b27-15+. The number of hydrogen-bond acceptors (Lipinski definition) is 5. The van der Waals surface area contributed by atoms with Crippen LogP contribution in [-0.2, 0) is 6.61 Å². The maximum absolute atomic E-state index is 13.2. The van der Waals surface area contributed by atoms with Crippen molar-refractivity contribution in [3.05, 3.63) is 118 Å². The largest absolute Gasteiger partial charge is 0.489 e. The van der Waals surface area contributed by atoms with Gasteiger partial charge in [-0.05, 0) is 48.0 Å². The summed E-state index contributed by atoms with van der Waals surface area (Å²) in [6.45, 7) is 0.332. The van der Waals surface area contributed by atoms with E-state index in [1.165, 1.54) is 36.5 Å². The van der Waals surface area contributed by atoms with E-state index in [4.69, 9.17) is 4.74 Å². The molecule has 4 aromatic rings. The Kier molecular flexibility index (Phi) is 6.65. The van der Waals surface area contributed by atoms with Gasteiger partial charge in [-0.2, -0.15) is 10.1 Å². The van der Waals surface area contributed by atoms with Crippen LogP contribution in [0.3, 0.4) is 0 Å². The summed E-state index contributed by atoms with van der Waals surface area (Å²) in [5.41, 5.74) is 4.08. The molecule has 1 amide bonds. The highest BCUT2D eigenvalue weighted by Gasteiger charge is 2.10. The first-order valence-electron chi connectivity index (χ1n) is 10.0. The number of halogens is 1. The average molecular weight is 442 g/mol. The number of nitrogens with zero attached hydrogens (tertiary/aromatic N) is 2. The highest BCUT2D eigenvalue weighted by molar-refractivity contribution is 5.94.